The highest BCUT2D eigenvalue weighted by molar-refractivity contribution is 8.01. The van der Waals surface area contributed by atoms with E-state index in [1.54, 1.807) is 6.20 Å². The van der Waals surface area contributed by atoms with Gasteiger partial charge >= 0.3 is 5.97 Å². The van der Waals surface area contributed by atoms with Gasteiger partial charge in [-0.25, -0.2) is 0 Å². The van der Waals surface area contributed by atoms with Crippen molar-refractivity contribution in [3.8, 4) is 0 Å². The Hall–Kier alpha value is -1.10. The molecule has 1 aromatic rings. The molecule has 5 heteroatoms. The fourth-order valence-electron chi connectivity index (χ4n) is 1.78. The van der Waals surface area contributed by atoms with Gasteiger partial charge in [0, 0.05) is 0 Å². The van der Waals surface area contributed by atoms with Crippen LogP contribution >= 0.6 is 11.8 Å². The monoisotopic (exact) mass is 224 g/mol. The van der Waals surface area contributed by atoms with E-state index >= 15 is 0 Å². The van der Waals surface area contributed by atoms with Crippen LogP contribution in [-0.2, 0) is 9.54 Å². The summed E-state index contributed by atoms with van der Waals surface area (Å²) in [5, 5.41) is 17.1. The Balaban J connectivity index is 2.45. The van der Waals surface area contributed by atoms with Crippen molar-refractivity contribution < 1.29 is 9.90 Å². The Labute approximate surface area is 92.1 Å². The minimum absolute atomic E-state index is 0.581. The highest BCUT2D eigenvalue weighted by atomic mass is 32.2. The Kier molecular flexibility index (Phi) is 2.65. The molecule has 4 nitrogen and oxygen atoms in total. The van der Waals surface area contributed by atoms with Gasteiger partial charge in [0.05, 0.1) is 11.9 Å². The molecule has 1 aromatic heterocycles. The molecular weight excluding hydrogens is 212 g/mol. The molecule has 1 fully saturated rings. The number of thioether (sulfide) groups is 1. The van der Waals surface area contributed by atoms with Crippen molar-refractivity contribution in [2.75, 3.05) is 5.75 Å². The first kappa shape index (κ1) is 10.4. The van der Waals surface area contributed by atoms with Crippen LogP contribution in [0.15, 0.2) is 12.3 Å². The van der Waals surface area contributed by atoms with Crippen molar-refractivity contribution in [3.63, 3.8) is 0 Å². The van der Waals surface area contributed by atoms with Gasteiger partial charge in [-0.1, -0.05) is 0 Å². The largest absolute Gasteiger partial charge is 0.480 e. The summed E-state index contributed by atoms with van der Waals surface area (Å²) in [4.78, 5) is 11.3. The molecule has 0 radical (unpaired) electrons. The number of nitrogens with zero attached hydrogens (tertiary/aromatic N) is 2. The number of hydrogen-bond donors (Lipinski definition) is 1. The molecule has 1 aliphatic rings. The van der Waals surface area contributed by atoms with E-state index in [-0.39, 0.29) is 0 Å². The smallest absolute Gasteiger partial charge is 0.326 e. The maximum atomic E-state index is 11.3. The molecule has 0 aromatic carbocycles. The summed E-state index contributed by atoms with van der Waals surface area (Å²) < 4.78 is -0.862. The molecule has 1 N–H and O–H groups in total. The van der Waals surface area contributed by atoms with Crippen LogP contribution in [0.4, 0.5) is 0 Å². The number of carboxylic acid groups (broad SMARTS) is 1. The number of hydrogen-bond acceptors (Lipinski definition) is 4. The Morgan fingerprint density at radius 2 is 2.47 bits per heavy atom. The van der Waals surface area contributed by atoms with E-state index in [1.165, 1.54) is 11.8 Å². The van der Waals surface area contributed by atoms with E-state index in [2.05, 4.69) is 10.2 Å². The van der Waals surface area contributed by atoms with Crippen molar-refractivity contribution in [3.05, 3.63) is 23.5 Å². The van der Waals surface area contributed by atoms with E-state index < -0.39 is 10.7 Å². The molecule has 1 saturated heterocycles. The summed E-state index contributed by atoms with van der Waals surface area (Å²) in [7, 11) is 0. The standard InChI is InChI=1S/C10H12N2O2S/c1-7-5-8(12-11-6-7)10(9(13)14)3-2-4-15-10/h5-6H,2-4H2,1H3,(H,13,14). The highest BCUT2D eigenvalue weighted by Crippen LogP contribution is 2.45. The number of aliphatic carboxylic acids is 1. The molecule has 2 rings (SSSR count). The van der Waals surface area contributed by atoms with Gasteiger partial charge in [-0.2, -0.15) is 10.2 Å². The molecule has 0 amide bonds. The van der Waals surface area contributed by atoms with Gasteiger partial charge in [-0.3, -0.25) is 4.79 Å². The molecule has 0 spiro atoms. The SMILES string of the molecule is Cc1cnnc(C2(C(=O)O)CCCS2)c1. The van der Waals surface area contributed by atoms with Crippen LogP contribution in [-0.4, -0.2) is 27.0 Å². The molecular formula is C10H12N2O2S. The summed E-state index contributed by atoms with van der Waals surface area (Å²) in [5.41, 5.74) is 1.53. The van der Waals surface area contributed by atoms with Crippen molar-refractivity contribution in [2.24, 2.45) is 0 Å². The van der Waals surface area contributed by atoms with E-state index in [0.717, 1.165) is 17.7 Å². The zero-order valence-electron chi connectivity index (χ0n) is 8.43. The van der Waals surface area contributed by atoms with Crippen molar-refractivity contribution in [1.29, 1.82) is 0 Å². The van der Waals surface area contributed by atoms with E-state index in [9.17, 15) is 9.90 Å². The fraction of sp³-hybridized carbons (Fsp3) is 0.500. The van der Waals surface area contributed by atoms with Crippen LogP contribution in [0, 0.1) is 6.92 Å². The summed E-state index contributed by atoms with van der Waals surface area (Å²) in [6.07, 6.45) is 3.20. The lowest BCUT2D eigenvalue weighted by atomic mass is 9.98. The quantitative estimate of drug-likeness (QED) is 0.826. The lowest BCUT2D eigenvalue weighted by molar-refractivity contribution is -0.140. The molecule has 0 aliphatic carbocycles. The Morgan fingerprint density at radius 1 is 1.67 bits per heavy atom. The third kappa shape index (κ3) is 1.71. The first-order valence-corrected chi connectivity index (χ1v) is 5.81. The highest BCUT2D eigenvalue weighted by Gasteiger charge is 2.45. The molecule has 2 heterocycles. The van der Waals surface area contributed by atoms with Crippen LogP contribution in [0.25, 0.3) is 0 Å². The van der Waals surface area contributed by atoms with Crippen molar-refractivity contribution >= 4 is 17.7 Å². The number of aromatic nitrogens is 2. The Morgan fingerprint density at radius 3 is 3.00 bits per heavy atom. The number of carboxylic acids is 1. The van der Waals surface area contributed by atoms with Gasteiger partial charge in [-0.15, -0.1) is 11.8 Å². The van der Waals surface area contributed by atoms with Crippen LogP contribution in [0.2, 0.25) is 0 Å². The molecule has 1 unspecified atom stereocenters. The van der Waals surface area contributed by atoms with Crippen LogP contribution in [0.5, 0.6) is 0 Å². The lowest BCUT2D eigenvalue weighted by Crippen LogP contribution is -2.31. The van der Waals surface area contributed by atoms with Crippen LogP contribution < -0.4 is 0 Å². The molecule has 0 saturated carbocycles. The minimum atomic E-state index is -0.862. The second kappa shape index (κ2) is 3.81. The molecule has 15 heavy (non-hydrogen) atoms. The molecule has 0 bridgehead atoms. The van der Waals surface area contributed by atoms with E-state index in [0.29, 0.717) is 12.1 Å². The third-order valence-electron chi connectivity index (χ3n) is 2.57. The second-order valence-corrected chi connectivity index (χ2v) is 5.10. The lowest BCUT2D eigenvalue weighted by Gasteiger charge is -2.21. The van der Waals surface area contributed by atoms with E-state index in [1.807, 2.05) is 13.0 Å². The van der Waals surface area contributed by atoms with Gasteiger partial charge in [0.1, 0.15) is 0 Å². The average Bonchev–Trinajstić information content (AvgIpc) is 2.67. The van der Waals surface area contributed by atoms with Gasteiger partial charge in [0.25, 0.3) is 0 Å². The van der Waals surface area contributed by atoms with Crippen LogP contribution in [0.3, 0.4) is 0 Å². The average molecular weight is 224 g/mol. The third-order valence-corrected chi connectivity index (χ3v) is 4.15. The molecule has 80 valence electrons. The van der Waals surface area contributed by atoms with Gasteiger partial charge < -0.3 is 5.11 Å². The van der Waals surface area contributed by atoms with Gasteiger partial charge in [0.15, 0.2) is 4.75 Å². The minimum Gasteiger partial charge on any atom is -0.480 e. The summed E-state index contributed by atoms with van der Waals surface area (Å²) in [6.45, 7) is 1.90. The fourth-order valence-corrected chi connectivity index (χ4v) is 3.08. The first-order valence-electron chi connectivity index (χ1n) is 4.82. The zero-order valence-corrected chi connectivity index (χ0v) is 9.25. The topological polar surface area (TPSA) is 63.1 Å². The predicted molar refractivity (Wildman–Crippen MR) is 57.8 cm³/mol. The number of aryl methyl sites for hydroxylation is 1. The maximum Gasteiger partial charge on any atom is 0.326 e. The summed E-state index contributed by atoms with van der Waals surface area (Å²) in [6, 6.07) is 1.82. The number of rotatable bonds is 2. The second-order valence-electron chi connectivity index (χ2n) is 3.70. The normalized spacial score (nSPS) is 25.4. The van der Waals surface area contributed by atoms with Crippen LogP contribution in [0.1, 0.15) is 24.1 Å². The van der Waals surface area contributed by atoms with Gasteiger partial charge in [-0.05, 0) is 37.1 Å². The maximum absolute atomic E-state index is 11.3. The van der Waals surface area contributed by atoms with Crippen molar-refractivity contribution in [2.45, 2.75) is 24.5 Å². The van der Waals surface area contributed by atoms with E-state index in [4.69, 9.17) is 0 Å². The zero-order chi connectivity index (χ0) is 10.9. The van der Waals surface area contributed by atoms with Crippen molar-refractivity contribution in [1.82, 2.24) is 10.2 Å². The first-order chi connectivity index (χ1) is 7.15. The molecule has 1 atom stereocenters. The summed E-state index contributed by atoms with van der Waals surface area (Å²) >= 11 is 1.46. The van der Waals surface area contributed by atoms with Gasteiger partial charge in [0.2, 0.25) is 0 Å². The summed E-state index contributed by atoms with van der Waals surface area (Å²) in [5.74, 6) is 0.0759. The molecule has 1 aliphatic heterocycles. The Bertz CT molecular complexity index is 389. The predicted octanol–water partition coefficient (Wildman–Crippen LogP) is 1.59. The number of carbonyl (C=O) groups is 1.